The lowest BCUT2D eigenvalue weighted by Crippen LogP contribution is -2.30. The van der Waals surface area contributed by atoms with Gasteiger partial charge in [-0.25, -0.2) is 4.79 Å². The zero-order valence-corrected chi connectivity index (χ0v) is 16.8. The fraction of sp³-hybridized carbons (Fsp3) is 0.0952. The number of thioether (sulfide) groups is 1. The fourth-order valence-electron chi connectivity index (χ4n) is 3.48. The number of rotatable bonds is 2. The molecule has 1 unspecified atom stereocenters. The van der Waals surface area contributed by atoms with Gasteiger partial charge < -0.3 is 15.0 Å². The van der Waals surface area contributed by atoms with E-state index in [4.69, 9.17) is 4.74 Å². The molecule has 0 radical (unpaired) electrons. The fourth-order valence-corrected chi connectivity index (χ4v) is 5.67. The SMILES string of the molecule is Cc1ccc(NC(=O)C2=C3C(=O)Oc4ccccc4C3c3sc(=O)[nH]c3S2)cc1. The number of thiazole rings is 1. The van der Waals surface area contributed by atoms with Crippen molar-refractivity contribution < 1.29 is 14.3 Å². The van der Waals surface area contributed by atoms with Crippen molar-refractivity contribution in [3.63, 3.8) is 0 Å². The predicted octanol–water partition coefficient (Wildman–Crippen LogP) is 3.79. The Labute approximate surface area is 173 Å². The molecule has 0 fully saturated rings. The first-order valence-corrected chi connectivity index (χ1v) is 10.5. The number of aromatic nitrogens is 1. The molecule has 1 atom stereocenters. The molecule has 0 aliphatic carbocycles. The zero-order chi connectivity index (χ0) is 20.1. The molecule has 2 aromatic carbocycles. The summed E-state index contributed by atoms with van der Waals surface area (Å²) in [5, 5.41) is 3.43. The summed E-state index contributed by atoms with van der Waals surface area (Å²) in [7, 11) is 0. The van der Waals surface area contributed by atoms with Gasteiger partial charge in [0.1, 0.15) is 5.75 Å². The molecule has 3 aromatic rings. The number of H-pyrrole nitrogens is 1. The molecule has 0 bridgehead atoms. The monoisotopic (exact) mass is 422 g/mol. The van der Waals surface area contributed by atoms with Crippen molar-refractivity contribution in [1.82, 2.24) is 4.98 Å². The van der Waals surface area contributed by atoms with Gasteiger partial charge in [-0.3, -0.25) is 9.59 Å². The van der Waals surface area contributed by atoms with Crippen molar-refractivity contribution in [2.45, 2.75) is 17.9 Å². The van der Waals surface area contributed by atoms with Crippen molar-refractivity contribution in [2.75, 3.05) is 5.32 Å². The van der Waals surface area contributed by atoms with Gasteiger partial charge in [0.25, 0.3) is 5.91 Å². The molecule has 0 saturated carbocycles. The number of ether oxygens (including phenoxy) is 1. The Kier molecular flexibility index (Phi) is 4.18. The van der Waals surface area contributed by atoms with Crippen molar-refractivity contribution in [3.05, 3.63) is 84.7 Å². The number of carbonyl (C=O) groups is 2. The van der Waals surface area contributed by atoms with Crippen LogP contribution in [-0.2, 0) is 9.59 Å². The second kappa shape index (κ2) is 6.75. The second-order valence-corrected chi connectivity index (χ2v) is 8.77. The van der Waals surface area contributed by atoms with Gasteiger partial charge in [0.2, 0.25) is 0 Å². The van der Waals surface area contributed by atoms with E-state index in [2.05, 4.69) is 10.3 Å². The molecular formula is C21H14N2O4S2. The van der Waals surface area contributed by atoms with Crippen molar-refractivity contribution in [3.8, 4) is 5.75 Å². The number of benzene rings is 2. The number of carbonyl (C=O) groups excluding carboxylic acids is 2. The van der Waals surface area contributed by atoms with Gasteiger partial charge in [-0.1, -0.05) is 59.0 Å². The van der Waals surface area contributed by atoms with Crippen LogP contribution in [0, 0.1) is 6.92 Å². The lowest BCUT2D eigenvalue weighted by Gasteiger charge is -2.31. The normalized spacial score (nSPS) is 17.1. The molecule has 6 nitrogen and oxygen atoms in total. The van der Waals surface area contributed by atoms with Gasteiger partial charge >= 0.3 is 10.8 Å². The molecule has 1 amide bonds. The van der Waals surface area contributed by atoms with Crippen LogP contribution in [0.1, 0.15) is 21.9 Å². The number of aryl methyl sites for hydroxylation is 1. The minimum atomic E-state index is -0.568. The lowest BCUT2D eigenvalue weighted by molar-refractivity contribution is -0.131. The highest BCUT2D eigenvalue weighted by Gasteiger charge is 2.43. The molecule has 5 rings (SSSR count). The maximum absolute atomic E-state index is 13.1. The van der Waals surface area contributed by atoms with Gasteiger partial charge in [-0.15, -0.1) is 0 Å². The number of aromatic amines is 1. The summed E-state index contributed by atoms with van der Waals surface area (Å²) >= 11 is 2.15. The minimum Gasteiger partial charge on any atom is -0.423 e. The van der Waals surface area contributed by atoms with Crippen LogP contribution in [0.15, 0.2) is 68.8 Å². The molecule has 3 heterocycles. The summed E-state index contributed by atoms with van der Waals surface area (Å²) in [4.78, 5) is 41.5. The molecule has 2 N–H and O–H groups in total. The number of fused-ring (bicyclic) bond motifs is 5. The highest BCUT2D eigenvalue weighted by molar-refractivity contribution is 8.04. The largest absolute Gasteiger partial charge is 0.423 e. The zero-order valence-electron chi connectivity index (χ0n) is 15.1. The van der Waals surface area contributed by atoms with E-state index >= 15 is 0 Å². The molecule has 0 spiro atoms. The van der Waals surface area contributed by atoms with Crippen LogP contribution in [0.4, 0.5) is 5.69 Å². The molecule has 144 valence electrons. The smallest absolute Gasteiger partial charge is 0.341 e. The molecule has 29 heavy (non-hydrogen) atoms. The van der Waals surface area contributed by atoms with E-state index in [1.165, 1.54) is 0 Å². The number of nitrogens with one attached hydrogen (secondary N) is 2. The Balaban J connectivity index is 1.64. The van der Waals surface area contributed by atoms with Crippen LogP contribution in [-0.4, -0.2) is 16.9 Å². The summed E-state index contributed by atoms with van der Waals surface area (Å²) in [5.41, 5.74) is 2.73. The Morgan fingerprint density at radius 1 is 1.10 bits per heavy atom. The number of hydrogen-bond acceptors (Lipinski definition) is 6. The molecule has 8 heteroatoms. The third-order valence-electron chi connectivity index (χ3n) is 4.81. The highest BCUT2D eigenvalue weighted by Crippen LogP contribution is 2.52. The summed E-state index contributed by atoms with van der Waals surface area (Å²) in [6, 6.07) is 14.6. The highest BCUT2D eigenvalue weighted by atomic mass is 32.2. The van der Waals surface area contributed by atoms with E-state index in [9.17, 15) is 14.4 Å². The molecular weight excluding hydrogens is 408 g/mol. The average Bonchev–Trinajstić information content (AvgIpc) is 3.09. The van der Waals surface area contributed by atoms with E-state index in [1.54, 1.807) is 24.3 Å². The standard InChI is InChI=1S/C21H14N2O4S2/c1-10-6-8-11(9-7-10)22-18(24)16-15-14(17-19(28-16)23-21(26)29-17)12-4-2-3-5-13(12)27-20(15)25/h2-9,14H,1H3,(H,22,24)(H,23,26). The first kappa shape index (κ1) is 18.0. The van der Waals surface area contributed by atoms with Crippen LogP contribution < -0.4 is 14.9 Å². The van der Waals surface area contributed by atoms with Gasteiger partial charge in [0.15, 0.2) is 0 Å². The quantitative estimate of drug-likeness (QED) is 0.485. The van der Waals surface area contributed by atoms with Crippen LogP contribution in [0.3, 0.4) is 0 Å². The summed E-state index contributed by atoms with van der Waals surface area (Å²) in [6.45, 7) is 1.96. The maximum atomic E-state index is 13.1. The first-order valence-electron chi connectivity index (χ1n) is 8.85. The van der Waals surface area contributed by atoms with Crippen LogP contribution in [0.5, 0.6) is 5.75 Å². The number of esters is 1. The number of amides is 1. The average molecular weight is 422 g/mol. The van der Waals surface area contributed by atoms with Gasteiger partial charge in [-0.05, 0) is 25.1 Å². The third kappa shape index (κ3) is 3.01. The van der Waals surface area contributed by atoms with Crippen molar-refractivity contribution in [2.24, 2.45) is 0 Å². The van der Waals surface area contributed by atoms with E-state index in [1.807, 2.05) is 31.2 Å². The topological polar surface area (TPSA) is 88.3 Å². The number of hydrogen-bond donors (Lipinski definition) is 2. The summed E-state index contributed by atoms with van der Waals surface area (Å²) in [5.74, 6) is -1.04. The molecule has 0 saturated heterocycles. The lowest BCUT2D eigenvalue weighted by atomic mass is 9.86. The Bertz CT molecular complexity index is 1250. The van der Waals surface area contributed by atoms with Crippen LogP contribution in [0.25, 0.3) is 0 Å². The predicted molar refractivity (Wildman–Crippen MR) is 112 cm³/mol. The Hall–Kier alpha value is -3.10. The van der Waals surface area contributed by atoms with Crippen LogP contribution in [0.2, 0.25) is 0 Å². The minimum absolute atomic E-state index is 0.224. The number of para-hydroxylation sites is 1. The van der Waals surface area contributed by atoms with Crippen molar-refractivity contribution >= 4 is 40.7 Å². The Morgan fingerprint density at radius 3 is 2.66 bits per heavy atom. The van der Waals surface area contributed by atoms with Gasteiger partial charge in [0, 0.05) is 11.3 Å². The molecule has 2 aliphatic heterocycles. The van der Waals surface area contributed by atoms with Crippen molar-refractivity contribution in [1.29, 1.82) is 0 Å². The second-order valence-electron chi connectivity index (χ2n) is 6.73. The Morgan fingerprint density at radius 2 is 1.86 bits per heavy atom. The summed E-state index contributed by atoms with van der Waals surface area (Å²) in [6.07, 6.45) is 0. The molecule has 2 aliphatic rings. The maximum Gasteiger partial charge on any atom is 0.341 e. The number of anilines is 1. The van der Waals surface area contributed by atoms with Crippen LogP contribution >= 0.6 is 23.1 Å². The van der Waals surface area contributed by atoms with E-state index in [-0.39, 0.29) is 15.4 Å². The van der Waals surface area contributed by atoms with E-state index in [0.29, 0.717) is 16.5 Å². The van der Waals surface area contributed by atoms with E-state index in [0.717, 1.165) is 39.1 Å². The molecule has 1 aromatic heterocycles. The summed E-state index contributed by atoms with van der Waals surface area (Å²) < 4.78 is 5.50. The van der Waals surface area contributed by atoms with Gasteiger partial charge in [-0.2, -0.15) is 0 Å². The first-order chi connectivity index (χ1) is 14.0. The van der Waals surface area contributed by atoms with E-state index < -0.39 is 17.8 Å². The third-order valence-corrected chi connectivity index (χ3v) is 7.02. The van der Waals surface area contributed by atoms with Gasteiger partial charge in [0.05, 0.1) is 26.3 Å².